The van der Waals surface area contributed by atoms with Gasteiger partial charge in [0.15, 0.2) is 0 Å². The van der Waals surface area contributed by atoms with E-state index in [9.17, 15) is 9.59 Å². The Balaban J connectivity index is 1.88. The molecule has 0 radical (unpaired) electrons. The van der Waals surface area contributed by atoms with E-state index >= 15 is 0 Å². The number of hydrogen-bond donors (Lipinski definition) is 3. The van der Waals surface area contributed by atoms with Crippen molar-refractivity contribution in [2.75, 3.05) is 19.6 Å². The van der Waals surface area contributed by atoms with E-state index in [-0.39, 0.29) is 23.7 Å². The van der Waals surface area contributed by atoms with E-state index in [0.29, 0.717) is 19.6 Å². The van der Waals surface area contributed by atoms with Crippen LogP contribution in [0.15, 0.2) is 0 Å². The molecular formula is C20H39N3O2. The molecule has 4 N–H and O–H groups in total. The van der Waals surface area contributed by atoms with Crippen molar-refractivity contribution in [1.82, 2.24) is 10.6 Å². The summed E-state index contributed by atoms with van der Waals surface area (Å²) in [6.45, 7) is 4.04. The van der Waals surface area contributed by atoms with Gasteiger partial charge in [-0.3, -0.25) is 9.59 Å². The van der Waals surface area contributed by atoms with Gasteiger partial charge in [-0.05, 0) is 6.42 Å². The molecule has 0 aromatic carbocycles. The molecule has 2 amide bonds. The van der Waals surface area contributed by atoms with Gasteiger partial charge in [-0.1, -0.05) is 77.6 Å². The Kier molecular flexibility index (Phi) is 12.4. The predicted molar refractivity (Wildman–Crippen MR) is 103 cm³/mol. The standard InChI is InChI=1S/C20H39N3O2/c1-2-3-4-5-6-7-8-9-10-11-12-13-14-23-20(25)18-16-22-15-17(18)19(21)24/h17-18,22H,2-16H2,1H3,(H2,21,24)(H,23,25). The van der Waals surface area contributed by atoms with E-state index in [1.807, 2.05) is 0 Å². The molecule has 1 saturated heterocycles. The number of rotatable bonds is 15. The molecule has 2 unspecified atom stereocenters. The lowest BCUT2D eigenvalue weighted by Crippen LogP contribution is -2.39. The van der Waals surface area contributed by atoms with E-state index in [2.05, 4.69) is 17.6 Å². The van der Waals surface area contributed by atoms with Gasteiger partial charge in [-0.15, -0.1) is 0 Å². The van der Waals surface area contributed by atoms with Crippen molar-refractivity contribution in [2.45, 2.75) is 84.0 Å². The average Bonchev–Trinajstić information content (AvgIpc) is 3.09. The summed E-state index contributed by atoms with van der Waals surface area (Å²) in [5.41, 5.74) is 5.34. The Morgan fingerprint density at radius 1 is 0.840 bits per heavy atom. The zero-order valence-electron chi connectivity index (χ0n) is 16.2. The van der Waals surface area contributed by atoms with Crippen LogP contribution in [0.2, 0.25) is 0 Å². The minimum Gasteiger partial charge on any atom is -0.369 e. The second-order valence-corrected chi connectivity index (χ2v) is 7.45. The number of hydrogen-bond acceptors (Lipinski definition) is 3. The van der Waals surface area contributed by atoms with Gasteiger partial charge in [0.05, 0.1) is 11.8 Å². The quantitative estimate of drug-likeness (QED) is 0.395. The molecule has 1 fully saturated rings. The molecular weight excluding hydrogens is 314 g/mol. The van der Waals surface area contributed by atoms with Gasteiger partial charge in [-0.25, -0.2) is 0 Å². The summed E-state index contributed by atoms with van der Waals surface area (Å²) in [4.78, 5) is 23.4. The summed E-state index contributed by atoms with van der Waals surface area (Å²) in [5, 5.41) is 6.03. The third-order valence-electron chi connectivity index (χ3n) is 5.25. The van der Waals surface area contributed by atoms with Crippen LogP contribution in [0, 0.1) is 11.8 Å². The van der Waals surface area contributed by atoms with Gasteiger partial charge < -0.3 is 16.4 Å². The molecule has 2 atom stereocenters. The molecule has 0 bridgehead atoms. The maximum absolute atomic E-state index is 12.1. The number of unbranched alkanes of at least 4 members (excludes halogenated alkanes) is 11. The molecule has 0 saturated carbocycles. The number of amides is 2. The van der Waals surface area contributed by atoms with Crippen molar-refractivity contribution >= 4 is 11.8 Å². The molecule has 1 aliphatic rings. The summed E-state index contributed by atoms with van der Waals surface area (Å²) in [7, 11) is 0. The van der Waals surface area contributed by atoms with Crippen molar-refractivity contribution < 1.29 is 9.59 Å². The Morgan fingerprint density at radius 3 is 1.84 bits per heavy atom. The molecule has 146 valence electrons. The van der Waals surface area contributed by atoms with Crippen molar-refractivity contribution in [3.8, 4) is 0 Å². The zero-order chi connectivity index (χ0) is 18.3. The second kappa shape index (κ2) is 14.1. The molecule has 0 aromatic heterocycles. The highest BCUT2D eigenvalue weighted by Gasteiger charge is 2.36. The fourth-order valence-corrected chi connectivity index (χ4v) is 3.56. The molecule has 5 nitrogen and oxygen atoms in total. The van der Waals surface area contributed by atoms with Crippen LogP contribution in [0.4, 0.5) is 0 Å². The Morgan fingerprint density at radius 2 is 1.32 bits per heavy atom. The first-order valence-corrected chi connectivity index (χ1v) is 10.4. The topological polar surface area (TPSA) is 84.2 Å². The van der Waals surface area contributed by atoms with Crippen LogP contribution in [0.3, 0.4) is 0 Å². The van der Waals surface area contributed by atoms with Gasteiger partial charge in [0.25, 0.3) is 0 Å². The van der Waals surface area contributed by atoms with Crippen LogP contribution < -0.4 is 16.4 Å². The highest BCUT2D eigenvalue weighted by atomic mass is 16.2. The van der Waals surface area contributed by atoms with Gasteiger partial charge in [0.1, 0.15) is 0 Å². The summed E-state index contributed by atoms with van der Waals surface area (Å²) < 4.78 is 0. The lowest BCUT2D eigenvalue weighted by molar-refractivity contribution is -0.131. The molecule has 1 heterocycles. The molecule has 0 spiro atoms. The smallest absolute Gasteiger partial charge is 0.225 e. The minimum atomic E-state index is -0.379. The average molecular weight is 354 g/mol. The van der Waals surface area contributed by atoms with Crippen LogP contribution >= 0.6 is 0 Å². The number of carbonyl (C=O) groups excluding carboxylic acids is 2. The summed E-state index contributed by atoms with van der Waals surface area (Å²) >= 11 is 0. The van der Waals surface area contributed by atoms with Crippen LogP contribution in [-0.4, -0.2) is 31.4 Å². The Hall–Kier alpha value is -1.10. The van der Waals surface area contributed by atoms with Crippen LogP contribution in [0.1, 0.15) is 84.0 Å². The number of nitrogens with one attached hydrogen (secondary N) is 2. The van der Waals surface area contributed by atoms with E-state index in [0.717, 1.165) is 6.42 Å². The van der Waals surface area contributed by atoms with Crippen molar-refractivity contribution in [3.05, 3.63) is 0 Å². The van der Waals surface area contributed by atoms with E-state index < -0.39 is 0 Å². The highest BCUT2D eigenvalue weighted by Crippen LogP contribution is 2.16. The minimum absolute atomic E-state index is 0.0307. The van der Waals surface area contributed by atoms with E-state index in [1.54, 1.807) is 0 Å². The van der Waals surface area contributed by atoms with E-state index in [4.69, 9.17) is 5.73 Å². The first-order valence-electron chi connectivity index (χ1n) is 10.4. The fourth-order valence-electron chi connectivity index (χ4n) is 3.56. The maximum atomic E-state index is 12.1. The third-order valence-corrected chi connectivity index (χ3v) is 5.25. The summed E-state index contributed by atoms with van der Waals surface area (Å²) in [6.07, 6.45) is 15.7. The molecule has 1 aliphatic heterocycles. The lowest BCUT2D eigenvalue weighted by atomic mass is 9.94. The summed E-state index contributed by atoms with van der Waals surface area (Å²) in [5.74, 6) is -1.07. The molecule has 25 heavy (non-hydrogen) atoms. The third kappa shape index (κ3) is 9.83. The number of primary amides is 1. The first kappa shape index (κ1) is 21.9. The normalized spacial score (nSPS) is 19.9. The molecule has 5 heteroatoms. The van der Waals surface area contributed by atoms with Gasteiger partial charge >= 0.3 is 0 Å². The number of carbonyl (C=O) groups is 2. The second-order valence-electron chi connectivity index (χ2n) is 7.45. The van der Waals surface area contributed by atoms with Crippen molar-refractivity contribution in [3.63, 3.8) is 0 Å². The largest absolute Gasteiger partial charge is 0.369 e. The molecule has 1 rings (SSSR count). The lowest BCUT2D eigenvalue weighted by Gasteiger charge is -2.15. The molecule has 0 aromatic rings. The van der Waals surface area contributed by atoms with Gasteiger partial charge in [0.2, 0.25) is 11.8 Å². The SMILES string of the molecule is CCCCCCCCCCCCCCNC(=O)C1CNCC1C(N)=O. The van der Waals surface area contributed by atoms with Crippen LogP contribution in [-0.2, 0) is 9.59 Å². The first-order chi connectivity index (χ1) is 12.2. The van der Waals surface area contributed by atoms with Gasteiger partial charge in [0, 0.05) is 19.6 Å². The Labute approximate surface area is 153 Å². The van der Waals surface area contributed by atoms with Crippen molar-refractivity contribution in [1.29, 1.82) is 0 Å². The zero-order valence-corrected chi connectivity index (χ0v) is 16.2. The molecule has 0 aliphatic carbocycles. The Bertz CT molecular complexity index is 374. The van der Waals surface area contributed by atoms with Crippen molar-refractivity contribution in [2.24, 2.45) is 17.6 Å². The maximum Gasteiger partial charge on any atom is 0.225 e. The van der Waals surface area contributed by atoms with Crippen LogP contribution in [0.25, 0.3) is 0 Å². The predicted octanol–water partition coefficient (Wildman–Crippen LogP) is 3.12. The van der Waals surface area contributed by atoms with Crippen LogP contribution in [0.5, 0.6) is 0 Å². The summed E-state index contributed by atoms with van der Waals surface area (Å²) in [6, 6.07) is 0. The highest BCUT2D eigenvalue weighted by molar-refractivity contribution is 5.87. The van der Waals surface area contributed by atoms with Gasteiger partial charge in [-0.2, -0.15) is 0 Å². The van der Waals surface area contributed by atoms with E-state index in [1.165, 1.54) is 70.6 Å². The monoisotopic (exact) mass is 353 g/mol. The fraction of sp³-hybridized carbons (Fsp3) is 0.900. The number of nitrogens with two attached hydrogens (primary N) is 1.